The van der Waals surface area contributed by atoms with Gasteiger partial charge in [0, 0.05) is 12.1 Å². The first-order valence-corrected chi connectivity index (χ1v) is 6.23. The molecule has 3 rings (SSSR count). The minimum Gasteiger partial charge on any atom is -0.317 e. The highest BCUT2D eigenvalue weighted by Crippen LogP contribution is 2.58. The molecule has 1 amide bonds. The quantitative estimate of drug-likeness (QED) is 0.881. The van der Waals surface area contributed by atoms with Gasteiger partial charge in [0.05, 0.1) is 0 Å². The molecule has 2 fully saturated rings. The molecule has 19 heavy (non-hydrogen) atoms. The summed E-state index contributed by atoms with van der Waals surface area (Å²) < 4.78 is 0. The molecule has 0 bridgehead atoms. The second-order valence-electron chi connectivity index (χ2n) is 5.07. The molecule has 1 unspecified atom stereocenters. The fraction of sp³-hybridized carbons (Fsp3) is 0.538. The second-order valence-corrected chi connectivity index (χ2v) is 5.07. The highest BCUT2D eigenvalue weighted by Gasteiger charge is 2.57. The molecule has 1 aromatic heterocycles. The Morgan fingerprint density at radius 1 is 1.32 bits per heavy atom. The van der Waals surface area contributed by atoms with Crippen LogP contribution in [0.3, 0.4) is 0 Å². The van der Waals surface area contributed by atoms with Gasteiger partial charge in [0.1, 0.15) is 5.82 Å². The molecule has 2 N–H and O–H groups in total. The first-order valence-electron chi connectivity index (χ1n) is 6.23. The number of carbonyl (C=O) groups excluding carboxylic acids is 1. The van der Waals surface area contributed by atoms with E-state index in [1.165, 1.54) is 0 Å². The van der Waals surface area contributed by atoms with Gasteiger partial charge >= 0.3 is 0 Å². The maximum Gasteiger partial charge on any atom is 0.229 e. The van der Waals surface area contributed by atoms with Crippen LogP contribution in [0.25, 0.3) is 0 Å². The van der Waals surface area contributed by atoms with Crippen molar-refractivity contribution >= 4 is 36.5 Å². The van der Waals surface area contributed by atoms with Crippen molar-refractivity contribution in [2.24, 2.45) is 11.3 Å². The third-order valence-electron chi connectivity index (χ3n) is 4.02. The van der Waals surface area contributed by atoms with Gasteiger partial charge in [-0.15, -0.1) is 24.8 Å². The molecule has 6 heteroatoms. The number of rotatable bonds is 2. The summed E-state index contributed by atoms with van der Waals surface area (Å²) in [4.78, 5) is 16.2. The Labute approximate surface area is 125 Å². The number of aromatic nitrogens is 1. The number of halogens is 2. The SMILES string of the molecule is Cl.Cl.O=C(Nc1ccccn1)C1CC12CCNCC2. The second kappa shape index (κ2) is 6.55. The summed E-state index contributed by atoms with van der Waals surface area (Å²) in [5, 5.41) is 6.25. The predicted molar refractivity (Wildman–Crippen MR) is 80.0 cm³/mol. The van der Waals surface area contributed by atoms with Crippen molar-refractivity contribution in [3.05, 3.63) is 24.4 Å². The summed E-state index contributed by atoms with van der Waals surface area (Å²) in [5.41, 5.74) is 0.296. The zero-order valence-electron chi connectivity index (χ0n) is 10.6. The molecule has 1 saturated heterocycles. The van der Waals surface area contributed by atoms with Crippen molar-refractivity contribution < 1.29 is 4.79 Å². The number of hydrogen-bond acceptors (Lipinski definition) is 3. The van der Waals surface area contributed by atoms with E-state index < -0.39 is 0 Å². The highest BCUT2D eigenvalue weighted by atomic mass is 35.5. The summed E-state index contributed by atoms with van der Waals surface area (Å²) in [7, 11) is 0. The maximum absolute atomic E-state index is 12.1. The summed E-state index contributed by atoms with van der Waals surface area (Å²) in [6.45, 7) is 2.10. The Hall–Kier alpha value is -0.840. The minimum atomic E-state index is 0. The van der Waals surface area contributed by atoms with Gasteiger partial charge in [-0.2, -0.15) is 0 Å². The molecule has 1 aliphatic heterocycles. The van der Waals surface area contributed by atoms with Crippen LogP contribution in [0.5, 0.6) is 0 Å². The van der Waals surface area contributed by atoms with E-state index in [-0.39, 0.29) is 36.6 Å². The summed E-state index contributed by atoms with van der Waals surface area (Å²) in [6, 6.07) is 5.56. The molecule has 106 valence electrons. The van der Waals surface area contributed by atoms with E-state index in [4.69, 9.17) is 0 Å². The van der Waals surface area contributed by atoms with Gasteiger partial charge in [-0.3, -0.25) is 4.79 Å². The zero-order valence-corrected chi connectivity index (χ0v) is 12.2. The minimum absolute atomic E-state index is 0. The third-order valence-corrected chi connectivity index (χ3v) is 4.02. The fourth-order valence-electron chi connectivity index (χ4n) is 2.85. The first kappa shape index (κ1) is 16.2. The lowest BCUT2D eigenvalue weighted by Crippen LogP contribution is -2.31. The number of piperidine rings is 1. The van der Waals surface area contributed by atoms with Crippen LogP contribution in [-0.2, 0) is 4.79 Å². The van der Waals surface area contributed by atoms with Gasteiger partial charge in [-0.1, -0.05) is 6.07 Å². The van der Waals surface area contributed by atoms with Crippen molar-refractivity contribution in [2.45, 2.75) is 19.3 Å². The molecular weight excluding hydrogens is 285 g/mol. The lowest BCUT2D eigenvalue weighted by atomic mass is 9.92. The Bertz CT molecular complexity index is 421. The number of amides is 1. The first-order chi connectivity index (χ1) is 8.30. The van der Waals surface area contributed by atoms with E-state index in [0.717, 1.165) is 32.4 Å². The summed E-state index contributed by atoms with van der Waals surface area (Å²) in [6.07, 6.45) is 5.01. The number of carbonyl (C=O) groups is 1. The molecule has 4 nitrogen and oxygen atoms in total. The van der Waals surface area contributed by atoms with Crippen molar-refractivity contribution in [2.75, 3.05) is 18.4 Å². The molecule has 1 aliphatic carbocycles. The van der Waals surface area contributed by atoms with Crippen molar-refractivity contribution in [1.29, 1.82) is 0 Å². The molecule has 0 aromatic carbocycles. The van der Waals surface area contributed by atoms with E-state index in [1.54, 1.807) is 6.20 Å². The van der Waals surface area contributed by atoms with Gasteiger partial charge in [0.2, 0.25) is 5.91 Å². The Morgan fingerprint density at radius 3 is 2.68 bits per heavy atom. The van der Waals surface area contributed by atoms with Crippen LogP contribution >= 0.6 is 24.8 Å². The van der Waals surface area contributed by atoms with Gasteiger partial charge < -0.3 is 10.6 Å². The topological polar surface area (TPSA) is 54.0 Å². The molecule has 1 saturated carbocycles. The van der Waals surface area contributed by atoms with Crippen LogP contribution < -0.4 is 10.6 Å². The Morgan fingerprint density at radius 2 is 2.05 bits per heavy atom. The van der Waals surface area contributed by atoms with E-state index >= 15 is 0 Å². The highest BCUT2D eigenvalue weighted by molar-refractivity contribution is 5.94. The van der Waals surface area contributed by atoms with Crippen LogP contribution in [0.4, 0.5) is 5.82 Å². The zero-order chi connectivity index (χ0) is 11.7. The van der Waals surface area contributed by atoms with Gasteiger partial charge in [-0.25, -0.2) is 4.98 Å². The number of nitrogens with one attached hydrogen (secondary N) is 2. The Kier molecular flexibility index (Phi) is 5.59. The van der Waals surface area contributed by atoms with Gasteiger partial charge in [-0.05, 0) is 49.9 Å². The average Bonchev–Trinajstić information content (AvgIpc) is 3.05. The van der Waals surface area contributed by atoms with Crippen LogP contribution in [-0.4, -0.2) is 24.0 Å². The molecule has 1 atom stereocenters. The average molecular weight is 304 g/mol. The standard InChI is InChI=1S/C13H17N3O.2ClH/c17-12(16-11-3-1-2-6-15-11)10-9-13(10)4-7-14-8-5-13;;/h1-3,6,10,14H,4-5,7-9H2,(H,15,16,17);2*1H. The fourth-order valence-corrected chi connectivity index (χ4v) is 2.85. The van der Waals surface area contributed by atoms with Gasteiger partial charge in [0.25, 0.3) is 0 Å². The molecule has 1 aromatic rings. The van der Waals surface area contributed by atoms with E-state index in [1.807, 2.05) is 18.2 Å². The molecule has 2 aliphatic rings. The summed E-state index contributed by atoms with van der Waals surface area (Å²) >= 11 is 0. The lowest BCUT2D eigenvalue weighted by molar-refractivity contribution is -0.118. The van der Waals surface area contributed by atoms with Gasteiger partial charge in [0.15, 0.2) is 0 Å². The van der Waals surface area contributed by atoms with Crippen molar-refractivity contribution in [3.8, 4) is 0 Å². The monoisotopic (exact) mass is 303 g/mol. The van der Waals surface area contributed by atoms with Crippen molar-refractivity contribution in [1.82, 2.24) is 10.3 Å². The van der Waals surface area contributed by atoms with Crippen LogP contribution in [0, 0.1) is 11.3 Å². The van der Waals surface area contributed by atoms with E-state index in [2.05, 4.69) is 15.6 Å². The predicted octanol–water partition coefficient (Wildman–Crippen LogP) is 2.25. The number of anilines is 1. The summed E-state index contributed by atoms with van der Waals surface area (Å²) in [5.74, 6) is 1.01. The van der Waals surface area contributed by atoms with Crippen LogP contribution in [0.1, 0.15) is 19.3 Å². The number of pyridine rings is 1. The van der Waals surface area contributed by atoms with E-state index in [9.17, 15) is 4.79 Å². The maximum atomic E-state index is 12.1. The smallest absolute Gasteiger partial charge is 0.229 e. The molecule has 2 heterocycles. The number of hydrogen-bond donors (Lipinski definition) is 2. The Balaban J connectivity index is 0.000000902. The van der Waals surface area contributed by atoms with Crippen molar-refractivity contribution in [3.63, 3.8) is 0 Å². The third kappa shape index (κ3) is 3.38. The lowest BCUT2D eigenvalue weighted by Gasteiger charge is -2.23. The van der Waals surface area contributed by atoms with Crippen LogP contribution in [0.15, 0.2) is 24.4 Å². The molecular formula is C13H19Cl2N3O. The normalized spacial score (nSPS) is 22.8. The number of nitrogens with zero attached hydrogens (tertiary/aromatic N) is 1. The van der Waals surface area contributed by atoms with E-state index in [0.29, 0.717) is 11.2 Å². The van der Waals surface area contributed by atoms with Crippen LogP contribution in [0.2, 0.25) is 0 Å². The largest absolute Gasteiger partial charge is 0.317 e. The molecule has 0 radical (unpaired) electrons. The molecule has 1 spiro atoms.